The molecule has 0 aliphatic heterocycles. The Morgan fingerprint density at radius 1 is 0.692 bits per heavy atom. The highest BCUT2D eigenvalue weighted by molar-refractivity contribution is 5.09. The fourth-order valence-electron chi connectivity index (χ4n) is 9.14. The van der Waals surface area contributed by atoms with Crippen molar-refractivity contribution in [2.75, 3.05) is 0 Å². The van der Waals surface area contributed by atoms with Crippen molar-refractivity contribution in [2.24, 2.45) is 52.3 Å². The van der Waals surface area contributed by atoms with Crippen LogP contribution in [0.5, 0.6) is 0 Å². The number of hydrogen-bond acceptors (Lipinski definition) is 0. The summed E-state index contributed by atoms with van der Waals surface area (Å²) in [5.74, 6) is 7.61. The zero-order chi connectivity index (χ0) is 17.9. The summed E-state index contributed by atoms with van der Waals surface area (Å²) in [6, 6.07) is 0. The van der Waals surface area contributed by atoms with Crippen LogP contribution in [-0.2, 0) is 0 Å². The normalized spacial score (nSPS) is 53.7. The van der Waals surface area contributed by atoms with Crippen molar-refractivity contribution in [3.8, 4) is 0 Å². The predicted octanol–water partition coefficient (Wildman–Crippen LogP) is 7.86. The van der Waals surface area contributed by atoms with Gasteiger partial charge in [0.25, 0.3) is 0 Å². The SMILES string of the molecule is CCC1CCC2(C)C(CCC3C2CC[C@]2(C)C(CCC4CC4)CCC32)C1. The minimum Gasteiger partial charge on any atom is -0.0651 e. The Labute approximate surface area is 163 Å². The molecule has 5 saturated carbocycles. The number of hydrogen-bond donors (Lipinski definition) is 0. The lowest BCUT2D eigenvalue weighted by atomic mass is 9.44. The van der Waals surface area contributed by atoms with E-state index in [1.54, 1.807) is 83.5 Å². The first-order chi connectivity index (χ1) is 12.5. The lowest BCUT2D eigenvalue weighted by Gasteiger charge is -2.61. The fourth-order valence-corrected chi connectivity index (χ4v) is 9.14. The maximum Gasteiger partial charge on any atom is -0.0266 e. The Morgan fingerprint density at radius 3 is 2.23 bits per heavy atom. The summed E-state index contributed by atoms with van der Waals surface area (Å²) in [6.07, 6.45) is 21.9. The van der Waals surface area contributed by atoms with E-state index in [0.717, 1.165) is 46.8 Å². The molecular weight excluding hydrogens is 312 g/mol. The van der Waals surface area contributed by atoms with Gasteiger partial charge < -0.3 is 0 Å². The van der Waals surface area contributed by atoms with Gasteiger partial charge in [-0.1, -0.05) is 46.5 Å². The molecule has 5 fully saturated rings. The second kappa shape index (κ2) is 6.52. The van der Waals surface area contributed by atoms with E-state index >= 15 is 0 Å². The average molecular weight is 357 g/mol. The van der Waals surface area contributed by atoms with Gasteiger partial charge in [0.2, 0.25) is 0 Å². The van der Waals surface area contributed by atoms with Gasteiger partial charge in [-0.05, 0) is 116 Å². The first-order valence-electron chi connectivity index (χ1n) is 12.5. The Kier molecular flexibility index (Phi) is 4.53. The van der Waals surface area contributed by atoms with Crippen LogP contribution in [0.1, 0.15) is 111 Å². The lowest BCUT2D eigenvalue weighted by Crippen LogP contribution is -2.53. The third kappa shape index (κ3) is 2.75. The van der Waals surface area contributed by atoms with Crippen molar-refractivity contribution in [1.29, 1.82) is 0 Å². The Bertz CT molecular complexity index is 518. The Balaban J connectivity index is 1.32. The zero-order valence-electron chi connectivity index (χ0n) is 17.9. The highest BCUT2D eigenvalue weighted by Gasteiger charge is 2.59. The first-order valence-corrected chi connectivity index (χ1v) is 12.5. The summed E-state index contributed by atoms with van der Waals surface area (Å²) in [6.45, 7) is 7.94. The van der Waals surface area contributed by atoms with E-state index in [1.165, 1.54) is 6.42 Å². The molecule has 0 aromatic heterocycles. The van der Waals surface area contributed by atoms with Gasteiger partial charge in [-0.25, -0.2) is 0 Å². The van der Waals surface area contributed by atoms with Crippen LogP contribution in [0.25, 0.3) is 0 Å². The Morgan fingerprint density at radius 2 is 1.46 bits per heavy atom. The number of fused-ring (bicyclic) bond motifs is 5. The molecule has 5 aliphatic carbocycles. The summed E-state index contributed by atoms with van der Waals surface area (Å²) < 4.78 is 0. The van der Waals surface area contributed by atoms with Crippen LogP contribution in [0.2, 0.25) is 0 Å². The van der Waals surface area contributed by atoms with Crippen molar-refractivity contribution in [2.45, 2.75) is 111 Å². The molecule has 0 bridgehead atoms. The molecule has 0 heteroatoms. The second-order valence-electron chi connectivity index (χ2n) is 12.0. The standard InChI is InChI=1S/C26H44/c1-4-18-13-15-26(3)21(17-18)9-11-22-23-12-10-20(8-7-19-5-6-19)25(23,2)16-14-24(22)26/h18-24H,4-17H2,1-3H3/t18?,20?,21?,22?,23?,24?,25-,26?/m1/s1. The molecular formula is C26H44. The van der Waals surface area contributed by atoms with Crippen LogP contribution in [0.3, 0.4) is 0 Å². The molecule has 0 saturated heterocycles. The summed E-state index contributed by atoms with van der Waals surface area (Å²) in [5, 5.41) is 0. The quantitative estimate of drug-likeness (QED) is 0.481. The largest absolute Gasteiger partial charge is 0.0651 e. The molecule has 0 aromatic carbocycles. The van der Waals surface area contributed by atoms with Crippen molar-refractivity contribution < 1.29 is 0 Å². The highest BCUT2D eigenvalue weighted by atomic mass is 14.6. The van der Waals surface area contributed by atoms with E-state index in [4.69, 9.17) is 0 Å². The zero-order valence-corrected chi connectivity index (χ0v) is 17.9. The molecule has 0 radical (unpaired) electrons. The van der Waals surface area contributed by atoms with E-state index < -0.39 is 0 Å². The highest BCUT2D eigenvalue weighted by Crippen LogP contribution is 2.68. The van der Waals surface area contributed by atoms with Crippen molar-refractivity contribution in [3.63, 3.8) is 0 Å². The minimum atomic E-state index is 0.710. The second-order valence-corrected chi connectivity index (χ2v) is 12.0. The van der Waals surface area contributed by atoms with Crippen molar-refractivity contribution in [1.82, 2.24) is 0 Å². The van der Waals surface area contributed by atoms with Crippen LogP contribution < -0.4 is 0 Å². The Hall–Kier alpha value is 0. The lowest BCUT2D eigenvalue weighted by molar-refractivity contribution is -0.118. The summed E-state index contributed by atoms with van der Waals surface area (Å²) >= 11 is 0. The van der Waals surface area contributed by atoms with Crippen LogP contribution in [-0.4, -0.2) is 0 Å². The van der Waals surface area contributed by atoms with Crippen LogP contribution in [0.4, 0.5) is 0 Å². The molecule has 0 heterocycles. The molecule has 8 atom stereocenters. The van der Waals surface area contributed by atoms with Gasteiger partial charge in [0.15, 0.2) is 0 Å². The van der Waals surface area contributed by atoms with Gasteiger partial charge in [-0.2, -0.15) is 0 Å². The maximum atomic E-state index is 2.75. The smallest absolute Gasteiger partial charge is 0.0266 e. The molecule has 5 rings (SSSR count). The number of rotatable bonds is 4. The van der Waals surface area contributed by atoms with Crippen LogP contribution >= 0.6 is 0 Å². The molecule has 0 nitrogen and oxygen atoms in total. The monoisotopic (exact) mass is 356 g/mol. The molecule has 148 valence electrons. The summed E-state index contributed by atoms with van der Waals surface area (Å²) in [7, 11) is 0. The van der Waals surface area contributed by atoms with Crippen LogP contribution in [0, 0.1) is 52.3 Å². The van der Waals surface area contributed by atoms with Crippen molar-refractivity contribution in [3.05, 3.63) is 0 Å². The van der Waals surface area contributed by atoms with Gasteiger partial charge in [-0.15, -0.1) is 0 Å². The topological polar surface area (TPSA) is 0 Å². The molecule has 26 heavy (non-hydrogen) atoms. The van der Waals surface area contributed by atoms with Gasteiger partial charge in [0.1, 0.15) is 0 Å². The summed E-state index contributed by atoms with van der Waals surface area (Å²) in [5.41, 5.74) is 1.43. The van der Waals surface area contributed by atoms with Crippen molar-refractivity contribution >= 4 is 0 Å². The molecule has 5 aliphatic rings. The predicted molar refractivity (Wildman–Crippen MR) is 111 cm³/mol. The molecule has 7 unspecified atom stereocenters. The third-order valence-corrected chi connectivity index (χ3v) is 11.2. The third-order valence-electron chi connectivity index (χ3n) is 11.2. The van der Waals surface area contributed by atoms with E-state index in [1.807, 2.05) is 0 Å². The van der Waals surface area contributed by atoms with Gasteiger partial charge in [0, 0.05) is 0 Å². The molecule has 0 spiro atoms. The summed E-state index contributed by atoms with van der Waals surface area (Å²) in [4.78, 5) is 0. The van der Waals surface area contributed by atoms with E-state index in [9.17, 15) is 0 Å². The first kappa shape index (κ1) is 18.1. The van der Waals surface area contributed by atoms with Gasteiger partial charge >= 0.3 is 0 Å². The van der Waals surface area contributed by atoms with E-state index in [0.29, 0.717) is 5.41 Å². The van der Waals surface area contributed by atoms with Gasteiger partial charge in [0.05, 0.1) is 0 Å². The van der Waals surface area contributed by atoms with E-state index in [-0.39, 0.29) is 0 Å². The fraction of sp³-hybridized carbons (Fsp3) is 1.00. The maximum absolute atomic E-state index is 2.75. The molecule has 0 amide bonds. The van der Waals surface area contributed by atoms with Crippen LogP contribution in [0.15, 0.2) is 0 Å². The minimum absolute atomic E-state index is 0.710. The van der Waals surface area contributed by atoms with Gasteiger partial charge in [-0.3, -0.25) is 0 Å². The average Bonchev–Trinajstić information content (AvgIpc) is 3.40. The van der Waals surface area contributed by atoms with E-state index in [2.05, 4.69) is 20.8 Å². The molecule has 0 N–H and O–H groups in total. The molecule has 0 aromatic rings.